The highest BCUT2D eigenvalue weighted by Gasteiger charge is 2.52. The third kappa shape index (κ3) is 1.65. The quantitative estimate of drug-likeness (QED) is 0.465. The zero-order chi connectivity index (χ0) is 7.56. The highest BCUT2D eigenvalue weighted by molar-refractivity contribution is 7.40. The second-order valence-electron chi connectivity index (χ2n) is 2.41. The summed E-state index contributed by atoms with van der Waals surface area (Å²) in [4.78, 5) is 0. The molecule has 1 fully saturated rings. The van der Waals surface area contributed by atoms with E-state index in [2.05, 4.69) is 6.58 Å². The maximum atomic E-state index is 11.1. The first kappa shape index (κ1) is 7.90. The van der Waals surface area contributed by atoms with Gasteiger partial charge in [0.25, 0.3) is 0 Å². The first-order valence-corrected chi connectivity index (χ1v) is 4.76. The van der Waals surface area contributed by atoms with E-state index < -0.39 is 8.03 Å². The van der Waals surface area contributed by atoms with E-state index in [9.17, 15) is 4.57 Å². The third-order valence-electron chi connectivity index (χ3n) is 1.63. The standard InChI is InChI=1S/C7H12O2P/c1-3-6-5-7(6)10(8)9-4-2/h3,6-7H,1,4-5H2,2H3/q+1. The van der Waals surface area contributed by atoms with Crippen molar-refractivity contribution in [2.24, 2.45) is 5.92 Å². The SMILES string of the molecule is C=CC1CC1[P+](=O)OCC. The molecule has 3 heteroatoms. The summed E-state index contributed by atoms with van der Waals surface area (Å²) in [5.74, 6) is 0.454. The van der Waals surface area contributed by atoms with Crippen molar-refractivity contribution in [3.8, 4) is 0 Å². The second-order valence-corrected chi connectivity index (χ2v) is 3.90. The Morgan fingerprint density at radius 2 is 2.60 bits per heavy atom. The number of rotatable bonds is 4. The van der Waals surface area contributed by atoms with Gasteiger partial charge in [-0.25, -0.2) is 0 Å². The van der Waals surface area contributed by atoms with Crippen LogP contribution in [-0.4, -0.2) is 12.3 Å². The molecule has 1 aliphatic carbocycles. The van der Waals surface area contributed by atoms with Gasteiger partial charge in [0.1, 0.15) is 0 Å². The van der Waals surface area contributed by atoms with Crippen LogP contribution in [0.5, 0.6) is 0 Å². The average molecular weight is 159 g/mol. The Hall–Kier alpha value is -0.200. The first-order chi connectivity index (χ1) is 4.79. The van der Waals surface area contributed by atoms with Gasteiger partial charge in [0.2, 0.25) is 0 Å². The molecule has 0 amide bonds. The molecule has 0 heterocycles. The van der Waals surface area contributed by atoms with Gasteiger partial charge in [0.05, 0.1) is 6.61 Å². The predicted molar refractivity (Wildman–Crippen MR) is 41.3 cm³/mol. The summed E-state index contributed by atoms with van der Waals surface area (Å²) < 4.78 is 16.0. The second kappa shape index (κ2) is 3.27. The molecule has 0 aromatic heterocycles. The van der Waals surface area contributed by atoms with Crippen molar-refractivity contribution >= 4 is 8.03 Å². The largest absolute Gasteiger partial charge is 0.511 e. The van der Waals surface area contributed by atoms with Gasteiger partial charge in [0, 0.05) is 12.3 Å². The molecule has 0 N–H and O–H groups in total. The molecular weight excluding hydrogens is 147 g/mol. The van der Waals surface area contributed by atoms with Crippen LogP contribution in [0.2, 0.25) is 0 Å². The van der Waals surface area contributed by atoms with Gasteiger partial charge >= 0.3 is 8.03 Å². The summed E-state index contributed by atoms with van der Waals surface area (Å²) in [6.07, 6.45) is 2.86. The topological polar surface area (TPSA) is 26.3 Å². The Balaban J connectivity index is 2.25. The maximum absolute atomic E-state index is 11.1. The van der Waals surface area contributed by atoms with Crippen molar-refractivity contribution in [1.82, 2.24) is 0 Å². The molecule has 0 aromatic rings. The van der Waals surface area contributed by atoms with E-state index in [1.165, 1.54) is 0 Å². The summed E-state index contributed by atoms with van der Waals surface area (Å²) in [7, 11) is -1.39. The van der Waals surface area contributed by atoms with Crippen molar-refractivity contribution < 1.29 is 9.09 Å². The lowest BCUT2D eigenvalue weighted by atomic mass is 10.4. The van der Waals surface area contributed by atoms with Crippen LogP contribution in [0.15, 0.2) is 12.7 Å². The zero-order valence-corrected chi connectivity index (χ0v) is 7.01. The minimum absolute atomic E-state index is 0.271. The summed E-state index contributed by atoms with van der Waals surface area (Å²) in [6.45, 7) is 6.04. The van der Waals surface area contributed by atoms with Crippen molar-refractivity contribution in [1.29, 1.82) is 0 Å². The molecule has 1 saturated carbocycles. The van der Waals surface area contributed by atoms with Gasteiger partial charge in [0.15, 0.2) is 5.66 Å². The molecule has 2 nitrogen and oxygen atoms in total. The maximum Gasteiger partial charge on any atom is 0.511 e. The normalized spacial score (nSPS) is 31.5. The smallest absolute Gasteiger partial charge is 0.146 e. The van der Waals surface area contributed by atoms with E-state index in [-0.39, 0.29) is 5.66 Å². The monoisotopic (exact) mass is 159 g/mol. The fourth-order valence-electron chi connectivity index (χ4n) is 0.919. The van der Waals surface area contributed by atoms with Crippen LogP contribution in [0.1, 0.15) is 13.3 Å². The fraction of sp³-hybridized carbons (Fsp3) is 0.714. The van der Waals surface area contributed by atoms with E-state index in [0.717, 1.165) is 6.42 Å². The van der Waals surface area contributed by atoms with E-state index in [4.69, 9.17) is 4.52 Å². The van der Waals surface area contributed by atoms with E-state index in [1.54, 1.807) is 0 Å². The van der Waals surface area contributed by atoms with Crippen LogP contribution in [0.3, 0.4) is 0 Å². The molecular formula is C7H12O2P+. The van der Waals surface area contributed by atoms with Gasteiger partial charge in [-0.05, 0) is 11.5 Å². The Kier molecular flexibility index (Phi) is 2.58. The molecule has 1 aliphatic rings. The van der Waals surface area contributed by atoms with Crippen LogP contribution in [-0.2, 0) is 9.09 Å². The van der Waals surface area contributed by atoms with E-state index >= 15 is 0 Å². The minimum Gasteiger partial charge on any atom is -0.146 e. The van der Waals surface area contributed by atoms with Crippen LogP contribution in [0, 0.1) is 5.92 Å². The summed E-state index contributed by atoms with van der Waals surface area (Å²) in [6, 6.07) is 0. The van der Waals surface area contributed by atoms with Crippen molar-refractivity contribution in [3.63, 3.8) is 0 Å². The van der Waals surface area contributed by atoms with Crippen molar-refractivity contribution in [2.75, 3.05) is 6.61 Å². The van der Waals surface area contributed by atoms with Crippen LogP contribution < -0.4 is 0 Å². The number of allylic oxidation sites excluding steroid dienone is 1. The molecule has 10 heavy (non-hydrogen) atoms. The molecule has 0 aromatic carbocycles. The minimum atomic E-state index is -1.39. The lowest BCUT2D eigenvalue weighted by Gasteiger charge is -1.80. The Bertz CT molecular complexity index is 156. The Labute approximate surface area is 62.1 Å². The van der Waals surface area contributed by atoms with E-state index in [1.807, 2.05) is 13.0 Å². The molecule has 56 valence electrons. The van der Waals surface area contributed by atoms with Crippen molar-refractivity contribution in [2.45, 2.75) is 19.0 Å². The van der Waals surface area contributed by atoms with Gasteiger partial charge in [-0.15, -0.1) is 11.1 Å². The molecule has 0 spiro atoms. The fourth-order valence-corrected chi connectivity index (χ4v) is 2.21. The third-order valence-corrected chi connectivity index (χ3v) is 3.28. The number of hydrogen-bond donors (Lipinski definition) is 0. The molecule has 3 atom stereocenters. The molecule has 0 radical (unpaired) electrons. The molecule has 1 rings (SSSR count). The summed E-state index contributed by atoms with van der Waals surface area (Å²) in [5.41, 5.74) is 0.271. The highest BCUT2D eigenvalue weighted by atomic mass is 31.1. The van der Waals surface area contributed by atoms with Gasteiger partial charge in [-0.1, -0.05) is 6.08 Å². The summed E-state index contributed by atoms with van der Waals surface area (Å²) in [5, 5.41) is 0. The number of hydrogen-bond acceptors (Lipinski definition) is 2. The average Bonchev–Trinajstić information content (AvgIpc) is 2.66. The van der Waals surface area contributed by atoms with Gasteiger partial charge in [-0.3, -0.25) is 0 Å². The van der Waals surface area contributed by atoms with Gasteiger partial charge in [-0.2, -0.15) is 0 Å². The zero-order valence-electron chi connectivity index (χ0n) is 6.12. The van der Waals surface area contributed by atoms with Crippen LogP contribution in [0.25, 0.3) is 0 Å². The van der Waals surface area contributed by atoms with Crippen molar-refractivity contribution in [3.05, 3.63) is 12.7 Å². The lowest BCUT2D eigenvalue weighted by Crippen LogP contribution is -1.83. The van der Waals surface area contributed by atoms with Crippen LogP contribution >= 0.6 is 8.03 Å². The van der Waals surface area contributed by atoms with Gasteiger partial charge < -0.3 is 0 Å². The first-order valence-electron chi connectivity index (χ1n) is 3.51. The lowest BCUT2D eigenvalue weighted by molar-refractivity contribution is 0.349. The predicted octanol–water partition coefficient (Wildman–Crippen LogP) is 2.34. The van der Waals surface area contributed by atoms with E-state index in [0.29, 0.717) is 12.5 Å². The molecule has 0 bridgehead atoms. The molecule has 3 unspecified atom stereocenters. The summed E-state index contributed by atoms with van der Waals surface area (Å²) >= 11 is 0. The Morgan fingerprint density at radius 1 is 1.90 bits per heavy atom. The van der Waals surface area contributed by atoms with Crippen LogP contribution in [0.4, 0.5) is 0 Å². The Morgan fingerprint density at radius 3 is 3.00 bits per heavy atom. The molecule has 0 saturated heterocycles. The molecule has 0 aliphatic heterocycles. The highest BCUT2D eigenvalue weighted by Crippen LogP contribution is 2.50.